The molecule has 10 heteroatoms. The van der Waals surface area contributed by atoms with Crippen molar-refractivity contribution in [3.8, 4) is 0 Å². The van der Waals surface area contributed by atoms with Crippen LogP contribution in [0.2, 0.25) is 0 Å². The molecule has 0 saturated heterocycles. The summed E-state index contributed by atoms with van der Waals surface area (Å²) in [5.41, 5.74) is 0.204. The second-order valence-electron chi connectivity index (χ2n) is 4.75. The lowest BCUT2D eigenvalue weighted by molar-refractivity contribution is -0.117. The first-order chi connectivity index (χ1) is 11.1. The van der Waals surface area contributed by atoms with E-state index in [4.69, 9.17) is 0 Å². The number of carbonyl (C=O) groups excluding carboxylic acids is 1. The predicted molar refractivity (Wildman–Crippen MR) is 97.4 cm³/mol. The van der Waals surface area contributed by atoms with E-state index in [1.165, 1.54) is 36.4 Å². The first-order valence-corrected chi connectivity index (χ1v) is 10.6. The lowest BCUT2D eigenvalue weighted by Gasteiger charge is -2.09. The van der Waals surface area contributed by atoms with E-state index in [0.29, 0.717) is 0 Å². The molecule has 0 aliphatic carbocycles. The van der Waals surface area contributed by atoms with E-state index in [2.05, 4.69) is 27.3 Å². The highest BCUT2D eigenvalue weighted by Crippen LogP contribution is 2.19. The molecule has 0 radical (unpaired) electrons. The third-order valence-electron chi connectivity index (χ3n) is 2.82. The highest BCUT2D eigenvalue weighted by atomic mass is 127. The van der Waals surface area contributed by atoms with Crippen molar-refractivity contribution in [1.29, 1.82) is 0 Å². The van der Waals surface area contributed by atoms with Crippen molar-refractivity contribution in [2.75, 3.05) is 4.72 Å². The monoisotopic (exact) mass is 480 g/mol. The average Bonchev–Trinajstić information content (AvgIpc) is 2.46. The van der Waals surface area contributed by atoms with Gasteiger partial charge in [-0.3, -0.25) is 9.52 Å². The largest absolute Gasteiger partial charge is 0.280 e. The second kappa shape index (κ2) is 7.07. The van der Waals surface area contributed by atoms with Gasteiger partial charge in [-0.2, -0.15) is 0 Å². The molecule has 0 heterocycles. The van der Waals surface area contributed by atoms with Crippen molar-refractivity contribution in [1.82, 2.24) is 4.72 Å². The van der Waals surface area contributed by atoms with E-state index in [1.54, 1.807) is 12.1 Å². The van der Waals surface area contributed by atoms with Crippen LogP contribution in [0.5, 0.6) is 0 Å². The number of anilines is 1. The van der Waals surface area contributed by atoms with Gasteiger partial charge in [0.15, 0.2) is 0 Å². The van der Waals surface area contributed by atoms with Crippen LogP contribution >= 0.6 is 22.6 Å². The summed E-state index contributed by atoms with van der Waals surface area (Å²) < 4.78 is 53.2. The van der Waals surface area contributed by atoms with Crippen LogP contribution in [0.3, 0.4) is 0 Å². The van der Waals surface area contributed by atoms with Gasteiger partial charge in [0.25, 0.3) is 20.0 Å². The topological polar surface area (TPSA) is 109 Å². The summed E-state index contributed by atoms with van der Waals surface area (Å²) in [6.07, 6.45) is 0. The summed E-state index contributed by atoms with van der Waals surface area (Å²) >= 11 is 2.07. The lowest BCUT2D eigenvalue weighted by atomic mass is 10.3. The van der Waals surface area contributed by atoms with Gasteiger partial charge in [0.2, 0.25) is 5.91 Å². The minimum absolute atomic E-state index is 0.0952. The fraction of sp³-hybridized carbons (Fsp3) is 0.0714. The standard InChI is InChI=1S/C14H13IN2O5S2/c1-10(18)16-23(19,20)14-8-4-12(5-9-14)17-24(21,22)13-6-2-11(15)3-7-13/h2-9,17H,1H3,(H,16,18). The summed E-state index contributed by atoms with van der Waals surface area (Å²) in [7, 11) is -7.72. The Balaban J connectivity index is 2.23. The zero-order valence-electron chi connectivity index (χ0n) is 12.4. The molecule has 128 valence electrons. The molecule has 0 aliphatic rings. The predicted octanol–water partition coefficient (Wildman–Crippen LogP) is 1.92. The number of hydrogen-bond acceptors (Lipinski definition) is 5. The highest BCUT2D eigenvalue weighted by molar-refractivity contribution is 14.1. The quantitative estimate of drug-likeness (QED) is 0.636. The number of nitrogens with one attached hydrogen (secondary N) is 2. The summed E-state index contributed by atoms with van der Waals surface area (Å²) in [6.45, 7) is 1.08. The molecule has 0 aliphatic heterocycles. The molecule has 0 spiro atoms. The van der Waals surface area contributed by atoms with Gasteiger partial charge in [0.1, 0.15) is 0 Å². The number of rotatable bonds is 5. The molecule has 7 nitrogen and oxygen atoms in total. The Hall–Kier alpha value is -1.66. The number of carbonyl (C=O) groups is 1. The van der Waals surface area contributed by atoms with Gasteiger partial charge in [-0.25, -0.2) is 21.6 Å². The Bertz CT molecular complexity index is 953. The average molecular weight is 480 g/mol. The van der Waals surface area contributed by atoms with Crippen LogP contribution in [0, 0.1) is 3.57 Å². The number of amides is 1. The van der Waals surface area contributed by atoms with Gasteiger partial charge in [0, 0.05) is 16.2 Å². The molecular formula is C14H13IN2O5S2. The molecule has 0 atom stereocenters. The summed E-state index contributed by atoms with van der Waals surface area (Å²) in [5.74, 6) is -0.710. The van der Waals surface area contributed by atoms with Crippen molar-refractivity contribution in [3.63, 3.8) is 0 Å². The molecule has 0 aromatic heterocycles. The minimum atomic E-state index is -3.95. The van der Waals surface area contributed by atoms with E-state index in [0.717, 1.165) is 10.5 Å². The molecule has 2 N–H and O–H groups in total. The van der Waals surface area contributed by atoms with Gasteiger partial charge in [-0.05, 0) is 71.1 Å². The number of halogens is 1. The molecule has 0 fully saturated rings. The Morgan fingerprint density at radius 2 is 1.29 bits per heavy atom. The molecular weight excluding hydrogens is 467 g/mol. The SMILES string of the molecule is CC(=O)NS(=O)(=O)c1ccc(NS(=O)(=O)c2ccc(I)cc2)cc1. The second-order valence-corrected chi connectivity index (χ2v) is 9.36. The number of sulfonamides is 2. The van der Waals surface area contributed by atoms with Crippen molar-refractivity contribution >= 4 is 54.2 Å². The van der Waals surface area contributed by atoms with Gasteiger partial charge >= 0.3 is 0 Å². The van der Waals surface area contributed by atoms with E-state index < -0.39 is 26.0 Å². The zero-order valence-corrected chi connectivity index (χ0v) is 16.1. The molecule has 2 rings (SSSR count). The van der Waals surface area contributed by atoms with Crippen LogP contribution in [0.25, 0.3) is 0 Å². The van der Waals surface area contributed by atoms with Gasteiger partial charge in [-0.15, -0.1) is 0 Å². The first kappa shape index (κ1) is 18.7. The minimum Gasteiger partial charge on any atom is -0.280 e. The molecule has 0 bridgehead atoms. The Morgan fingerprint density at radius 3 is 1.79 bits per heavy atom. The maximum atomic E-state index is 12.3. The fourth-order valence-corrected chi connectivity index (χ4v) is 4.19. The zero-order chi connectivity index (χ0) is 18.0. The molecule has 24 heavy (non-hydrogen) atoms. The van der Waals surface area contributed by atoms with Crippen molar-refractivity contribution in [3.05, 3.63) is 52.1 Å². The molecule has 0 unspecified atom stereocenters. The molecule has 2 aromatic carbocycles. The fourth-order valence-electron chi connectivity index (χ4n) is 1.78. The van der Waals surface area contributed by atoms with Gasteiger partial charge < -0.3 is 0 Å². The van der Waals surface area contributed by atoms with Crippen molar-refractivity contribution in [2.24, 2.45) is 0 Å². The van der Waals surface area contributed by atoms with E-state index >= 15 is 0 Å². The van der Waals surface area contributed by atoms with E-state index in [9.17, 15) is 21.6 Å². The number of benzene rings is 2. The van der Waals surface area contributed by atoms with Crippen LogP contribution in [-0.2, 0) is 24.8 Å². The smallest absolute Gasteiger partial charge is 0.264 e. The highest BCUT2D eigenvalue weighted by Gasteiger charge is 2.17. The lowest BCUT2D eigenvalue weighted by Crippen LogP contribution is -2.28. The van der Waals surface area contributed by atoms with Crippen LogP contribution in [0.15, 0.2) is 58.3 Å². The summed E-state index contributed by atoms with van der Waals surface area (Å²) in [5, 5.41) is 0. The van der Waals surface area contributed by atoms with Crippen LogP contribution < -0.4 is 9.44 Å². The maximum Gasteiger partial charge on any atom is 0.264 e. The summed E-state index contributed by atoms with van der Waals surface area (Å²) in [6, 6.07) is 11.3. The van der Waals surface area contributed by atoms with E-state index in [-0.39, 0.29) is 15.5 Å². The molecule has 0 saturated carbocycles. The van der Waals surface area contributed by atoms with Crippen LogP contribution in [0.4, 0.5) is 5.69 Å². The third-order valence-corrected chi connectivity index (χ3v) is 6.38. The Kier molecular flexibility index (Phi) is 5.50. The van der Waals surface area contributed by atoms with Crippen molar-refractivity contribution in [2.45, 2.75) is 16.7 Å². The Morgan fingerprint density at radius 1 is 0.833 bits per heavy atom. The molecule has 1 amide bonds. The normalized spacial score (nSPS) is 11.8. The maximum absolute atomic E-state index is 12.3. The van der Waals surface area contributed by atoms with Gasteiger partial charge in [0.05, 0.1) is 9.79 Å². The van der Waals surface area contributed by atoms with Crippen LogP contribution in [-0.4, -0.2) is 22.7 Å². The molecule has 2 aromatic rings. The van der Waals surface area contributed by atoms with Crippen molar-refractivity contribution < 1.29 is 21.6 Å². The van der Waals surface area contributed by atoms with E-state index in [1.807, 2.05) is 4.72 Å². The van der Waals surface area contributed by atoms with Gasteiger partial charge in [-0.1, -0.05) is 0 Å². The third kappa shape index (κ3) is 4.68. The number of hydrogen-bond donors (Lipinski definition) is 2. The first-order valence-electron chi connectivity index (χ1n) is 6.52. The van der Waals surface area contributed by atoms with Crippen LogP contribution in [0.1, 0.15) is 6.92 Å². The Labute approximate surface area is 153 Å². The summed E-state index contributed by atoms with van der Waals surface area (Å²) in [4.78, 5) is 10.8.